The first-order valence-electron chi connectivity index (χ1n) is 6.06. The second kappa shape index (κ2) is 14.5. The molecule has 1 aromatic rings. The molecule has 1 aromatic carbocycles. The fourth-order valence-corrected chi connectivity index (χ4v) is 1.46. The van der Waals surface area contributed by atoms with Crippen molar-refractivity contribution >= 4 is 30.9 Å². The molecule has 0 saturated carbocycles. The molecule has 18 heavy (non-hydrogen) atoms. The Kier molecular flexibility index (Phi) is 16.0. The van der Waals surface area contributed by atoms with Gasteiger partial charge in [-0.2, -0.15) is 0 Å². The maximum Gasteiger partial charge on any atom is 0.0138 e. The van der Waals surface area contributed by atoms with Crippen molar-refractivity contribution in [3.05, 3.63) is 42.0 Å². The van der Waals surface area contributed by atoms with Gasteiger partial charge in [0.1, 0.15) is 0 Å². The Labute approximate surface area is 123 Å². The van der Waals surface area contributed by atoms with Gasteiger partial charge in [0.05, 0.1) is 0 Å². The van der Waals surface area contributed by atoms with Crippen LogP contribution in [0, 0.1) is 0 Å². The molecule has 104 valence electrons. The summed E-state index contributed by atoms with van der Waals surface area (Å²) in [7, 11) is 0. The molecule has 0 aliphatic carbocycles. The molecule has 0 aliphatic heterocycles. The highest BCUT2D eigenvalue weighted by molar-refractivity contribution is 5.85. The lowest BCUT2D eigenvalue weighted by molar-refractivity contribution is 0.629. The predicted octanol–water partition coefficient (Wildman–Crippen LogP) is 3.13. The molecule has 1 rings (SSSR count). The molecule has 0 bridgehead atoms. The molecular weight excluding hydrogens is 267 g/mol. The molecule has 0 aliphatic rings. The number of rotatable bonds is 8. The first kappa shape index (κ1) is 19.8. The average Bonchev–Trinajstić information content (AvgIpc) is 2.34. The molecule has 0 fully saturated rings. The lowest BCUT2D eigenvalue weighted by Crippen LogP contribution is -2.21. The minimum absolute atomic E-state index is 0. The highest BCUT2D eigenvalue weighted by Gasteiger charge is 1.85. The fraction of sp³-hybridized carbons (Fsp3) is 0.429. The molecule has 0 spiro atoms. The normalized spacial score (nSPS) is 9.83. The third kappa shape index (κ3) is 10.6. The molecule has 4 heteroatoms. The summed E-state index contributed by atoms with van der Waals surface area (Å²) in [5.41, 5.74) is 1.26. The number of nitrogens with one attached hydrogen (secondary N) is 2. The van der Waals surface area contributed by atoms with E-state index in [0.29, 0.717) is 0 Å². The Bertz CT molecular complexity index is 289. The van der Waals surface area contributed by atoms with E-state index in [4.69, 9.17) is 0 Å². The zero-order valence-electron chi connectivity index (χ0n) is 10.9. The molecule has 0 radical (unpaired) electrons. The van der Waals surface area contributed by atoms with Crippen LogP contribution < -0.4 is 10.6 Å². The van der Waals surface area contributed by atoms with Crippen molar-refractivity contribution in [3.63, 3.8) is 0 Å². The van der Waals surface area contributed by atoms with Gasteiger partial charge < -0.3 is 10.6 Å². The van der Waals surface area contributed by atoms with Crippen LogP contribution in [0.15, 0.2) is 36.4 Å². The van der Waals surface area contributed by atoms with Crippen LogP contribution in [0.1, 0.15) is 18.9 Å². The van der Waals surface area contributed by atoms with E-state index in [9.17, 15) is 0 Å². The minimum Gasteiger partial charge on any atom is -0.317 e. The smallest absolute Gasteiger partial charge is 0.0138 e. The van der Waals surface area contributed by atoms with Gasteiger partial charge >= 0.3 is 0 Å². The maximum absolute atomic E-state index is 3.39. The van der Waals surface area contributed by atoms with Crippen molar-refractivity contribution < 1.29 is 0 Å². The molecule has 0 atom stereocenters. The average molecular weight is 291 g/mol. The molecule has 2 nitrogen and oxygen atoms in total. The standard InChI is InChI=1S/C14H22N2.2ClH/c1-2-15-12-7-13-16-11-6-10-14-8-4-3-5-9-14;;/h3-6,8-10,15-16H,2,7,11-13H2,1H3;2*1H/b10-6+;;. The van der Waals surface area contributed by atoms with Crippen molar-refractivity contribution in [1.29, 1.82) is 0 Å². The van der Waals surface area contributed by atoms with Gasteiger partial charge in [-0.15, -0.1) is 24.8 Å². The maximum atomic E-state index is 3.39. The summed E-state index contributed by atoms with van der Waals surface area (Å²) >= 11 is 0. The van der Waals surface area contributed by atoms with Gasteiger partial charge in [-0.25, -0.2) is 0 Å². The Morgan fingerprint density at radius 1 is 1.00 bits per heavy atom. The molecule has 0 amide bonds. The largest absolute Gasteiger partial charge is 0.317 e. The third-order valence-electron chi connectivity index (χ3n) is 2.33. The summed E-state index contributed by atoms with van der Waals surface area (Å²) in [6.07, 6.45) is 5.51. The van der Waals surface area contributed by atoms with Crippen LogP contribution in [-0.2, 0) is 0 Å². The van der Waals surface area contributed by atoms with Crippen molar-refractivity contribution in [2.24, 2.45) is 0 Å². The van der Waals surface area contributed by atoms with Gasteiger partial charge in [0.15, 0.2) is 0 Å². The van der Waals surface area contributed by atoms with Gasteiger partial charge in [0.2, 0.25) is 0 Å². The van der Waals surface area contributed by atoms with Crippen molar-refractivity contribution in [2.75, 3.05) is 26.2 Å². The topological polar surface area (TPSA) is 24.1 Å². The number of halogens is 2. The van der Waals surface area contributed by atoms with Crippen LogP contribution in [-0.4, -0.2) is 26.2 Å². The first-order valence-corrected chi connectivity index (χ1v) is 6.06. The summed E-state index contributed by atoms with van der Waals surface area (Å²) < 4.78 is 0. The predicted molar refractivity (Wildman–Crippen MR) is 86.0 cm³/mol. The van der Waals surface area contributed by atoms with Crippen LogP contribution in [0.5, 0.6) is 0 Å². The Balaban J connectivity index is 0. The van der Waals surface area contributed by atoms with Gasteiger partial charge in [0.25, 0.3) is 0 Å². The lowest BCUT2D eigenvalue weighted by atomic mass is 10.2. The van der Waals surface area contributed by atoms with Crippen LogP contribution in [0.25, 0.3) is 6.08 Å². The van der Waals surface area contributed by atoms with Crippen molar-refractivity contribution in [2.45, 2.75) is 13.3 Å². The van der Waals surface area contributed by atoms with Crippen LogP contribution in [0.2, 0.25) is 0 Å². The van der Waals surface area contributed by atoms with Gasteiger partial charge in [-0.3, -0.25) is 0 Å². The lowest BCUT2D eigenvalue weighted by Gasteiger charge is -2.02. The third-order valence-corrected chi connectivity index (χ3v) is 2.33. The second-order valence-corrected chi connectivity index (χ2v) is 3.72. The molecule has 0 heterocycles. The first-order chi connectivity index (χ1) is 7.93. The zero-order chi connectivity index (χ0) is 11.5. The highest BCUT2D eigenvalue weighted by atomic mass is 35.5. The molecule has 0 saturated heterocycles. The van der Waals surface area contributed by atoms with E-state index in [1.54, 1.807) is 0 Å². The van der Waals surface area contributed by atoms with E-state index in [2.05, 4.69) is 54.0 Å². The fourth-order valence-electron chi connectivity index (χ4n) is 1.46. The summed E-state index contributed by atoms with van der Waals surface area (Å²) in [4.78, 5) is 0. The molecule has 2 N–H and O–H groups in total. The van der Waals surface area contributed by atoms with E-state index in [0.717, 1.165) is 26.2 Å². The molecule has 0 aromatic heterocycles. The van der Waals surface area contributed by atoms with E-state index in [1.165, 1.54) is 12.0 Å². The van der Waals surface area contributed by atoms with E-state index < -0.39 is 0 Å². The molecular formula is C14H24Cl2N2. The van der Waals surface area contributed by atoms with Crippen LogP contribution in [0.4, 0.5) is 0 Å². The summed E-state index contributed by atoms with van der Waals surface area (Å²) in [5, 5.41) is 6.69. The quantitative estimate of drug-likeness (QED) is 0.719. The minimum atomic E-state index is 0. The van der Waals surface area contributed by atoms with Crippen LogP contribution in [0.3, 0.4) is 0 Å². The highest BCUT2D eigenvalue weighted by Crippen LogP contribution is 1.99. The molecule has 0 unspecified atom stereocenters. The van der Waals surface area contributed by atoms with E-state index in [-0.39, 0.29) is 24.8 Å². The Morgan fingerprint density at radius 3 is 2.33 bits per heavy atom. The van der Waals surface area contributed by atoms with E-state index >= 15 is 0 Å². The monoisotopic (exact) mass is 290 g/mol. The Hall–Kier alpha value is -0.540. The van der Waals surface area contributed by atoms with Crippen molar-refractivity contribution in [3.8, 4) is 0 Å². The van der Waals surface area contributed by atoms with Crippen LogP contribution >= 0.6 is 24.8 Å². The van der Waals surface area contributed by atoms with E-state index in [1.807, 2.05) is 6.07 Å². The second-order valence-electron chi connectivity index (χ2n) is 3.72. The van der Waals surface area contributed by atoms with Gasteiger partial charge in [0, 0.05) is 6.54 Å². The SMILES string of the molecule is CCNCCCNC/C=C/c1ccccc1.Cl.Cl. The number of hydrogen-bond donors (Lipinski definition) is 2. The van der Waals surface area contributed by atoms with Gasteiger partial charge in [-0.1, -0.05) is 49.4 Å². The number of benzene rings is 1. The summed E-state index contributed by atoms with van der Waals surface area (Å²) in [5.74, 6) is 0. The van der Waals surface area contributed by atoms with Crippen molar-refractivity contribution in [1.82, 2.24) is 10.6 Å². The Morgan fingerprint density at radius 2 is 1.67 bits per heavy atom. The van der Waals surface area contributed by atoms with Gasteiger partial charge in [-0.05, 0) is 31.6 Å². The zero-order valence-corrected chi connectivity index (χ0v) is 12.5. The summed E-state index contributed by atoms with van der Waals surface area (Å²) in [6.45, 7) is 6.32. The number of hydrogen-bond acceptors (Lipinski definition) is 2. The summed E-state index contributed by atoms with van der Waals surface area (Å²) in [6, 6.07) is 10.4.